The van der Waals surface area contributed by atoms with Crippen LogP contribution in [0.3, 0.4) is 0 Å². The predicted octanol–water partition coefficient (Wildman–Crippen LogP) is 3.89. The summed E-state index contributed by atoms with van der Waals surface area (Å²) < 4.78 is 5.62. The van der Waals surface area contributed by atoms with Gasteiger partial charge in [-0.25, -0.2) is 4.98 Å². The van der Waals surface area contributed by atoms with E-state index in [1.54, 1.807) is 18.4 Å². The molecule has 1 aromatic heterocycles. The Bertz CT molecular complexity index is 808. The van der Waals surface area contributed by atoms with E-state index in [0.29, 0.717) is 6.54 Å². The number of nitrogens with one attached hydrogen (secondary N) is 2. The van der Waals surface area contributed by atoms with Crippen molar-refractivity contribution in [3.8, 4) is 0 Å². The predicted molar refractivity (Wildman–Crippen MR) is 133 cm³/mol. The number of guanidine groups is 1. The molecule has 1 fully saturated rings. The van der Waals surface area contributed by atoms with E-state index in [9.17, 15) is 0 Å². The summed E-state index contributed by atoms with van der Waals surface area (Å²) in [5.41, 5.74) is 2.12. The summed E-state index contributed by atoms with van der Waals surface area (Å²) in [4.78, 5) is 11.0. The van der Waals surface area contributed by atoms with E-state index in [4.69, 9.17) is 16.3 Å². The highest BCUT2D eigenvalue weighted by Gasteiger charge is 2.36. The zero-order valence-corrected chi connectivity index (χ0v) is 21.0. The van der Waals surface area contributed by atoms with Gasteiger partial charge >= 0.3 is 0 Å². The van der Waals surface area contributed by atoms with E-state index < -0.39 is 0 Å². The number of rotatable bonds is 6. The number of benzene rings is 1. The van der Waals surface area contributed by atoms with Crippen LogP contribution in [-0.2, 0) is 16.7 Å². The number of aromatic nitrogens is 1. The van der Waals surface area contributed by atoms with Crippen LogP contribution in [0.4, 0.5) is 5.13 Å². The molecule has 29 heavy (non-hydrogen) atoms. The van der Waals surface area contributed by atoms with E-state index in [1.807, 2.05) is 31.1 Å². The minimum absolute atomic E-state index is 0. The third kappa shape index (κ3) is 6.19. The van der Waals surface area contributed by atoms with Crippen LogP contribution >= 0.6 is 46.9 Å². The van der Waals surface area contributed by atoms with E-state index in [2.05, 4.69) is 38.1 Å². The number of hydrogen-bond acceptors (Lipinski definition) is 5. The zero-order valence-electron chi connectivity index (χ0n) is 17.1. The highest BCUT2D eigenvalue weighted by Crippen LogP contribution is 2.38. The van der Waals surface area contributed by atoms with E-state index in [0.717, 1.165) is 54.4 Å². The maximum atomic E-state index is 6.54. The topological polar surface area (TPSA) is 61.8 Å². The van der Waals surface area contributed by atoms with Crippen molar-refractivity contribution in [1.29, 1.82) is 0 Å². The second-order valence-electron chi connectivity index (χ2n) is 7.17. The van der Waals surface area contributed by atoms with Crippen LogP contribution in [0.1, 0.15) is 24.1 Å². The molecule has 6 nitrogen and oxygen atoms in total. The Hall–Kier alpha value is -1.10. The van der Waals surface area contributed by atoms with Crippen molar-refractivity contribution in [2.24, 2.45) is 4.99 Å². The molecule has 2 heterocycles. The smallest absolute Gasteiger partial charge is 0.191 e. The second-order valence-corrected chi connectivity index (χ2v) is 8.41. The molecule has 160 valence electrons. The Morgan fingerprint density at radius 2 is 2.00 bits per heavy atom. The molecular formula is C20H29ClIN5OS. The quantitative estimate of drug-likeness (QED) is 0.325. The standard InChI is InChI=1S/C20H28ClN5OS.HI/c1-22-18(23-12-15-13-28-19(25-15)26(2)3)24-14-20(8-10-27-11-9-20)16-6-4-5-7-17(16)21;/h4-7,13H,8-12,14H2,1-3H3,(H2,22,23,24);1H. The SMILES string of the molecule is CN=C(NCc1csc(N(C)C)n1)NCC1(c2ccccc2Cl)CCOCC1.I. The number of halogens is 2. The lowest BCUT2D eigenvalue weighted by atomic mass is 9.74. The molecule has 1 saturated heterocycles. The molecule has 0 unspecified atom stereocenters. The van der Waals surface area contributed by atoms with Gasteiger partial charge in [0.1, 0.15) is 0 Å². The summed E-state index contributed by atoms with van der Waals surface area (Å²) in [6.07, 6.45) is 1.86. The van der Waals surface area contributed by atoms with Gasteiger partial charge in [0.05, 0.1) is 12.2 Å². The molecule has 0 amide bonds. The van der Waals surface area contributed by atoms with Gasteiger partial charge in [0.15, 0.2) is 11.1 Å². The number of hydrogen-bond donors (Lipinski definition) is 2. The Labute approximate surface area is 199 Å². The Morgan fingerprint density at radius 1 is 1.28 bits per heavy atom. The Balaban J connectivity index is 0.00000300. The molecule has 0 bridgehead atoms. The van der Waals surface area contributed by atoms with E-state index >= 15 is 0 Å². The summed E-state index contributed by atoms with van der Waals surface area (Å²) in [6.45, 7) is 2.86. The fourth-order valence-corrected chi connectivity index (χ4v) is 4.52. The summed E-state index contributed by atoms with van der Waals surface area (Å²) in [5.74, 6) is 0.761. The van der Waals surface area contributed by atoms with Gasteiger partial charge < -0.3 is 20.3 Å². The molecule has 0 saturated carbocycles. The van der Waals surface area contributed by atoms with Gasteiger partial charge in [0, 0.05) is 56.7 Å². The zero-order chi connectivity index (χ0) is 20.0. The first-order valence-electron chi connectivity index (χ1n) is 9.43. The summed E-state index contributed by atoms with van der Waals surface area (Å²) in [6, 6.07) is 8.12. The molecule has 0 radical (unpaired) electrons. The maximum Gasteiger partial charge on any atom is 0.191 e. The molecule has 1 aromatic carbocycles. The molecule has 0 aliphatic carbocycles. The Morgan fingerprint density at radius 3 is 2.62 bits per heavy atom. The van der Waals surface area contributed by atoms with Crippen LogP contribution in [0.5, 0.6) is 0 Å². The monoisotopic (exact) mass is 549 g/mol. The van der Waals surface area contributed by atoms with Crippen molar-refractivity contribution in [2.45, 2.75) is 24.8 Å². The molecule has 0 spiro atoms. The number of aliphatic imine (C=N–C) groups is 1. The first kappa shape index (κ1) is 24.2. The van der Waals surface area contributed by atoms with Crippen LogP contribution < -0.4 is 15.5 Å². The van der Waals surface area contributed by atoms with Crippen LogP contribution in [0.15, 0.2) is 34.6 Å². The van der Waals surface area contributed by atoms with Crippen LogP contribution in [0.25, 0.3) is 0 Å². The van der Waals surface area contributed by atoms with E-state index in [-0.39, 0.29) is 29.4 Å². The number of nitrogens with zero attached hydrogens (tertiary/aromatic N) is 3. The van der Waals surface area contributed by atoms with Gasteiger partial charge in [-0.15, -0.1) is 35.3 Å². The molecular weight excluding hydrogens is 521 g/mol. The molecule has 1 aliphatic heterocycles. The molecule has 0 atom stereocenters. The van der Waals surface area contributed by atoms with Crippen LogP contribution in [0, 0.1) is 0 Å². The molecule has 9 heteroatoms. The lowest BCUT2D eigenvalue weighted by Gasteiger charge is -2.38. The minimum atomic E-state index is -0.0626. The Kier molecular flexibility index (Phi) is 9.45. The van der Waals surface area contributed by atoms with Gasteiger partial charge in [-0.05, 0) is 24.5 Å². The molecule has 3 rings (SSSR count). The van der Waals surface area contributed by atoms with Gasteiger partial charge in [-0.2, -0.15) is 0 Å². The summed E-state index contributed by atoms with van der Waals surface area (Å²) in [7, 11) is 5.78. The third-order valence-corrected chi connectivity index (χ3v) is 6.46. The van der Waals surface area contributed by atoms with Crippen molar-refractivity contribution in [3.63, 3.8) is 0 Å². The van der Waals surface area contributed by atoms with Gasteiger partial charge in [-0.3, -0.25) is 4.99 Å². The lowest BCUT2D eigenvalue weighted by Crippen LogP contribution is -2.48. The fourth-order valence-electron chi connectivity index (χ4n) is 3.43. The largest absolute Gasteiger partial charge is 0.381 e. The fraction of sp³-hybridized carbons (Fsp3) is 0.500. The van der Waals surface area contributed by atoms with E-state index in [1.165, 1.54) is 5.56 Å². The highest BCUT2D eigenvalue weighted by molar-refractivity contribution is 14.0. The average Bonchev–Trinajstić information content (AvgIpc) is 3.18. The number of anilines is 1. The van der Waals surface area contributed by atoms with Crippen molar-refractivity contribution in [1.82, 2.24) is 15.6 Å². The van der Waals surface area contributed by atoms with Gasteiger partial charge in [-0.1, -0.05) is 29.8 Å². The summed E-state index contributed by atoms with van der Waals surface area (Å²) >= 11 is 8.18. The maximum absolute atomic E-state index is 6.54. The first-order chi connectivity index (χ1) is 13.5. The van der Waals surface area contributed by atoms with Crippen molar-refractivity contribution < 1.29 is 4.74 Å². The molecule has 1 aliphatic rings. The molecule has 2 N–H and O–H groups in total. The highest BCUT2D eigenvalue weighted by atomic mass is 127. The van der Waals surface area contributed by atoms with Crippen molar-refractivity contribution >= 4 is 58.0 Å². The van der Waals surface area contributed by atoms with Crippen molar-refractivity contribution in [2.75, 3.05) is 45.8 Å². The van der Waals surface area contributed by atoms with Gasteiger partial charge in [0.25, 0.3) is 0 Å². The summed E-state index contributed by atoms with van der Waals surface area (Å²) in [5, 5.41) is 10.7. The molecule has 2 aromatic rings. The van der Waals surface area contributed by atoms with Crippen LogP contribution in [-0.4, -0.2) is 51.8 Å². The first-order valence-corrected chi connectivity index (χ1v) is 10.7. The normalized spacial score (nSPS) is 16.1. The van der Waals surface area contributed by atoms with Crippen LogP contribution in [0.2, 0.25) is 5.02 Å². The average molecular weight is 550 g/mol. The lowest BCUT2D eigenvalue weighted by molar-refractivity contribution is 0.0514. The number of ether oxygens (including phenoxy) is 1. The second kappa shape index (κ2) is 11.3. The third-order valence-electron chi connectivity index (χ3n) is 5.07. The minimum Gasteiger partial charge on any atom is -0.381 e. The number of thiazole rings is 1. The van der Waals surface area contributed by atoms with Gasteiger partial charge in [0.2, 0.25) is 0 Å². The van der Waals surface area contributed by atoms with Crippen molar-refractivity contribution in [3.05, 3.63) is 45.9 Å².